The maximum atomic E-state index is 9.46. The SMILES string of the molecule is C=C1CCC2CCCCC12CO. The van der Waals surface area contributed by atoms with Gasteiger partial charge in [-0.15, -0.1) is 0 Å². The third-order valence-electron chi connectivity index (χ3n) is 3.99. The second-order valence-corrected chi connectivity index (χ2v) is 4.40. The van der Waals surface area contributed by atoms with Crippen LogP contribution in [0, 0.1) is 11.3 Å². The summed E-state index contributed by atoms with van der Waals surface area (Å²) in [6.45, 7) is 4.47. The summed E-state index contributed by atoms with van der Waals surface area (Å²) in [5.41, 5.74) is 1.48. The molecule has 2 saturated carbocycles. The Labute approximate surface area is 74.5 Å². The molecule has 1 N–H and O–H groups in total. The Morgan fingerprint density at radius 3 is 2.92 bits per heavy atom. The maximum Gasteiger partial charge on any atom is 0.0527 e. The molecular formula is C11H18O. The van der Waals surface area contributed by atoms with Gasteiger partial charge in [-0.1, -0.05) is 25.0 Å². The molecule has 0 heterocycles. The van der Waals surface area contributed by atoms with Crippen LogP contribution in [0.4, 0.5) is 0 Å². The number of aliphatic hydroxyl groups excluding tert-OH is 1. The zero-order valence-corrected chi connectivity index (χ0v) is 7.68. The van der Waals surface area contributed by atoms with Crippen molar-refractivity contribution in [3.05, 3.63) is 12.2 Å². The largest absolute Gasteiger partial charge is 0.395 e. The first-order valence-corrected chi connectivity index (χ1v) is 5.09. The Kier molecular flexibility index (Phi) is 1.99. The van der Waals surface area contributed by atoms with Gasteiger partial charge in [0.15, 0.2) is 0 Å². The van der Waals surface area contributed by atoms with Gasteiger partial charge in [0.2, 0.25) is 0 Å². The van der Waals surface area contributed by atoms with Crippen LogP contribution in [0.25, 0.3) is 0 Å². The third kappa shape index (κ3) is 0.957. The van der Waals surface area contributed by atoms with E-state index in [9.17, 15) is 5.11 Å². The topological polar surface area (TPSA) is 20.2 Å². The van der Waals surface area contributed by atoms with Crippen molar-refractivity contribution in [2.45, 2.75) is 38.5 Å². The zero-order chi connectivity index (χ0) is 8.60. The Bertz CT molecular complexity index is 197. The molecule has 0 spiro atoms. The number of hydrogen-bond acceptors (Lipinski definition) is 1. The first-order chi connectivity index (χ1) is 5.79. The van der Waals surface area contributed by atoms with Gasteiger partial charge < -0.3 is 5.11 Å². The molecule has 12 heavy (non-hydrogen) atoms. The second kappa shape index (κ2) is 2.88. The van der Waals surface area contributed by atoms with Crippen LogP contribution in [0.15, 0.2) is 12.2 Å². The Morgan fingerprint density at radius 1 is 1.42 bits per heavy atom. The van der Waals surface area contributed by atoms with Crippen LogP contribution in [-0.2, 0) is 0 Å². The van der Waals surface area contributed by atoms with Gasteiger partial charge in [-0.3, -0.25) is 0 Å². The highest BCUT2D eigenvalue weighted by atomic mass is 16.3. The van der Waals surface area contributed by atoms with Crippen molar-refractivity contribution in [3.8, 4) is 0 Å². The van der Waals surface area contributed by atoms with Gasteiger partial charge in [0.1, 0.15) is 0 Å². The van der Waals surface area contributed by atoms with Crippen LogP contribution in [0.3, 0.4) is 0 Å². The molecule has 0 aromatic rings. The second-order valence-electron chi connectivity index (χ2n) is 4.40. The highest BCUT2D eigenvalue weighted by Gasteiger charge is 2.45. The van der Waals surface area contributed by atoms with Gasteiger partial charge in [0.25, 0.3) is 0 Å². The van der Waals surface area contributed by atoms with Gasteiger partial charge in [-0.25, -0.2) is 0 Å². The maximum absolute atomic E-state index is 9.46. The van der Waals surface area contributed by atoms with Crippen molar-refractivity contribution in [1.82, 2.24) is 0 Å². The molecule has 0 aromatic carbocycles. The predicted molar refractivity (Wildman–Crippen MR) is 49.9 cm³/mol. The molecule has 0 saturated heterocycles. The summed E-state index contributed by atoms with van der Waals surface area (Å²) in [4.78, 5) is 0. The van der Waals surface area contributed by atoms with E-state index in [0.717, 1.165) is 12.3 Å². The predicted octanol–water partition coefficient (Wildman–Crippen LogP) is 2.51. The van der Waals surface area contributed by atoms with E-state index in [0.29, 0.717) is 6.61 Å². The first kappa shape index (κ1) is 8.31. The molecular weight excluding hydrogens is 148 g/mol. The normalized spacial score (nSPS) is 41.4. The van der Waals surface area contributed by atoms with Crippen LogP contribution >= 0.6 is 0 Å². The number of fused-ring (bicyclic) bond motifs is 1. The van der Waals surface area contributed by atoms with Gasteiger partial charge in [-0.05, 0) is 31.6 Å². The van der Waals surface area contributed by atoms with Crippen LogP contribution in [-0.4, -0.2) is 11.7 Å². The zero-order valence-electron chi connectivity index (χ0n) is 7.68. The summed E-state index contributed by atoms with van der Waals surface area (Å²) < 4.78 is 0. The minimum Gasteiger partial charge on any atom is -0.395 e. The molecule has 0 bridgehead atoms. The minimum absolute atomic E-state index is 0.151. The molecule has 1 heteroatoms. The fraction of sp³-hybridized carbons (Fsp3) is 0.818. The van der Waals surface area contributed by atoms with Crippen molar-refractivity contribution >= 4 is 0 Å². The lowest BCUT2D eigenvalue weighted by Gasteiger charge is -2.38. The average Bonchev–Trinajstić information content (AvgIpc) is 2.45. The standard InChI is InChI=1S/C11H18O/c1-9-5-6-10-4-2-3-7-11(9,10)8-12/h10,12H,1-8H2. The Balaban J connectivity index is 2.25. The van der Waals surface area contributed by atoms with Gasteiger partial charge in [-0.2, -0.15) is 0 Å². The molecule has 0 aliphatic heterocycles. The summed E-state index contributed by atoms with van der Waals surface area (Å²) in [5, 5.41) is 9.46. The Hall–Kier alpha value is -0.300. The number of aliphatic hydroxyl groups is 1. The molecule has 1 nitrogen and oxygen atoms in total. The van der Waals surface area contributed by atoms with Gasteiger partial charge in [0, 0.05) is 5.41 Å². The highest BCUT2D eigenvalue weighted by Crippen LogP contribution is 2.54. The van der Waals surface area contributed by atoms with E-state index in [1.807, 2.05) is 0 Å². The lowest BCUT2D eigenvalue weighted by molar-refractivity contribution is 0.0769. The van der Waals surface area contributed by atoms with Crippen molar-refractivity contribution in [2.24, 2.45) is 11.3 Å². The van der Waals surface area contributed by atoms with E-state index < -0.39 is 0 Å². The van der Waals surface area contributed by atoms with E-state index >= 15 is 0 Å². The van der Waals surface area contributed by atoms with Crippen molar-refractivity contribution in [1.29, 1.82) is 0 Å². The summed E-state index contributed by atoms with van der Waals surface area (Å²) in [6.07, 6.45) is 7.59. The third-order valence-corrected chi connectivity index (χ3v) is 3.99. The monoisotopic (exact) mass is 166 g/mol. The molecule has 2 unspecified atom stereocenters. The first-order valence-electron chi connectivity index (χ1n) is 5.09. The molecule has 2 aliphatic rings. The number of hydrogen-bond donors (Lipinski definition) is 1. The Morgan fingerprint density at radius 2 is 2.25 bits per heavy atom. The van der Waals surface area contributed by atoms with Crippen molar-refractivity contribution in [3.63, 3.8) is 0 Å². The fourth-order valence-electron chi connectivity index (χ4n) is 3.12. The van der Waals surface area contributed by atoms with E-state index in [2.05, 4.69) is 6.58 Å². The molecule has 68 valence electrons. The van der Waals surface area contributed by atoms with E-state index in [-0.39, 0.29) is 5.41 Å². The van der Waals surface area contributed by atoms with E-state index in [1.54, 1.807) is 0 Å². The highest BCUT2D eigenvalue weighted by molar-refractivity contribution is 5.19. The van der Waals surface area contributed by atoms with Crippen LogP contribution < -0.4 is 0 Å². The van der Waals surface area contributed by atoms with Gasteiger partial charge >= 0.3 is 0 Å². The van der Waals surface area contributed by atoms with Crippen molar-refractivity contribution in [2.75, 3.05) is 6.61 Å². The van der Waals surface area contributed by atoms with E-state index in [4.69, 9.17) is 0 Å². The average molecular weight is 166 g/mol. The van der Waals surface area contributed by atoms with Crippen molar-refractivity contribution < 1.29 is 5.11 Å². The van der Waals surface area contributed by atoms with Crippen LogP contribution in [0.2, 0.25) is 0 Å². The molecule has 2 rings (SSSR count). The fourth-order valence-corrected chi connectivity index (χ4v) is 3.12. The molecule has 2 aliphatic carbocycles. The molecule has 0 amide bonds. The molecule has 2 atom stereocenters. The van der Waals surface area contributed by atoms with E-state index in [1.165, 1.54) is 37.7 Å². The summed E-state index contributed by atoms with van der Waals surface area (Å²) in [5.74, 6) is 0.753. The molecule has 2 fully saturated rings. The summed E-state index contributed by atoms with van der Waals surface area (Å²) in [6, 6.07) is 0. The summed E-state index contributed by atoms with van der Waals surface area (Å²) >= 11 is 0. The lowest BCUT2D eigenvalue weighted by Crippen LogP contribution is -2.33. The molecule has 0 radical (unpaired) electrons. The number of rotatable bonds is 1. The van der Waals surface area contributed by atoms with Crippen LogP contribution in [0.5, 0.6) is 0 Å². The smallest absolute Gasteiger partial charge is 0.0527 e. The minimum atomic E-state index is 0.151. The van der Waals surface area contributed by atoms with Gasteiger partial charge in [0.05, 0.1) is 6.61 Å². The summed E-state index contributed by atoms with van der Waals surface area (Å²) in [7, 11) is 0. The van der Waals surface area contributed by atoms with Crippen LogP contribution in [0.1, 0.15) is 38.5 Å². The molecule has 0 aromatic heterocycles. The quantitative estimate of drug-likeness (QED) is 0.593. The lowest BCUT2D eigenvalue weighted by atomic mass is 9.67.